The van der Waals surface area contributed by atoms with Gasteiger partial charge in [0.25, 0.3) is 5.91 Å². The molecule has 0 aliphatic carbocycles. The summed E-state index contributed by atoms with van der Waals surface area (Å²) in [6, 6.07) is 11.5. The Morgan fingerprint density at radius 3 is 2.21 bits per heavy atom. The van der Waals surface area contributed by atoms with Crippen molar-refractivity contribution in [2.75, 3.05) is 17.7 Å². The SMILES string of the molecule is COC(=O)c1cccc(NC(=O)c2ccc(NC(C)=O)cc2)c1C. The average Bonchev–Trinajstić information content (AvgIpc) is 2.56. The summed E-state index contributed by atoms with van der Waals surface area (Å²) < 4.78 is 4.72. The van der Waals surface area contributed by atoms with Gasteiger partial charge in [-0.05, 0) is 48.9 Å². The highest BCUT2D eigenvalue weighted by Gasteiger charge is 2.14. The molecule has 6 nitrogen and oxygen atoms in total. The highest BCUT2D eigenvalue weighted by atomic mass is 16.5. The number of benzene rings is 2. The molecule has 0 radical (unpaired) electrons. The number of hydrogen-bond donors (Lipinski definition) is 2. The van der Waals surface area contributed by atoms with E-state index in [1.807, 2.05) is 0 Å². The summed E-state index contributed by atoms with van der Waals surface area (Å²) in [6.45, 7) is 3.15. The monoisotopic (exact) mass is 326 g/mol. The summed E-state index contributed by atoms with van der Waals surface area (Å²) in [6.07, 6.45) is 0. The second kappa shape index (κ2) is 7.41. The summed E-state index contributed by atoms with van der Waals surface area (Å²) >= 11 is 0. The van der Waals surface area contributed by atoms with Gasteiger partial charge in [0.15, 0.2) is 0 Å². The molecule has 0 saturated heterocycles. The molecular formula is C18H18N2O4. The lowest BCUT2D eigenvalue weighted by Crippen LogP contribution is -2.14. The Kier molecular flexibility index (Phi) is 5.31. The quantitative estimate of drug-likeness (QED) is 0.846. The molecule has 2 amide bonds. The summed E-state index contributed by atoms with van der Waals surface area (Å²) in [5.74, 6) is -0.944. The molecule has 2 rings (SSSR count). The van der Waals surface area contributed by atoms with Crippen molar-refractivity contribution in [2.24, 2.45) is 0 Å². The average molecular weight is 326 g/mol. The molecule has 0 unspecified atom stereocenters. The van der Waals surface area contributed by atoms with Crippen molar-refractivity contribution in [1.82, 2.24) is 0 Å². The lowest BCUT2D eigenvalue weighted by Gasteiger charge is -2.11. The van der Waals surface area contributed by atoms with E-state index >= 15 is 0 Å². The van der Waals surface area contributed by atoms with Crippen molar-refractivity contribution < 1.29 is 19.1 Å². The lowest BCUT2D eigenvalue weighted by molar-refractivity contribution is -0.114. The van der Waals surface area contributed by atoms with Gasteiger partial charge in [0.05, 0.1) is 12.7 Å². The fourth-order valence-corrected chi connectivity index (χ4v) is 2.20. The van der Waals surface area contributed by atoms with Crippen molar-refractivity contribution >= 4 is 29.2 Å². The Bertz CT molecular complexity index is 782. The molecule has 0 spiro atoms. The molecule has 6 heteroatoms. The third kappa shape index (κ3) is 3.98. The van der Waals surface area contributed by atoms with Crippen LogP contribution in [0, 0.1) is 6.92 Å². The molecular weight excluding hydrogens is 308 g/mol. The number of anilines is 2. The molecule has 2 aromatic carbocycles. The maximum absolute atomic E-state index is 12.3. The minimum Gasteiger partial charge on any atom is -0.465 e. The second-order valence-corrected chi connectivity index (χ2v) is 5.18. The van der Waals surface area contributed by atoms with Crippen molar-refractivity contribution in [3.63, 3.8) is 0 Å². The van der Waals surface area contributed by atoms with E-state index in [2.05, 4.69) is 10.6 Å². The van der Waals surface area contributed by atoms with Gasteiger partial charge in [0.1, 0.15) is 0 Å². The number of ether oxygens (including phenoxy) is 1. The Balaban J connectivity index is 2.18. The van der Waals surface area contributed by atoms with E-state index in [1.54, 1.807) is 49.4 Å². The van der Waals surface area contributed by atoms with Crippen LogP contribution < -0.4 is 10.6 Å². The van der Waals surface area contributed by atoms with E-state index in [4.69, 9.17) is 4.74 Å². The van der Waals surface area contributed by atoms with Crippen molar-refractivity contribution in [3.8, 4) is 0 Å². The van der Waals surface area contributed by atoms with Gasteiger partial charge < -0.3 is 15.4 Å². The van der Waals surface area contributed by atoms with Crippen molar-refractivity contribution in [1.29, 1.82) is 0 Å². The van der Waals surface area contributed by atoms with Gasteiger partial charge in [-0.3, -0.25) is 9.59 Å². The largest absolute Gasteiger partial charge is 0.465 e. The Morgan fingerprint density at radius 1 is 0.958 bits per heavy atom. The molecule has 0 saturated carbocycles. The fourth-order valence-electron chi connectivity index (χ4n) is 2.20. The van der Waals surface area contributed by atoms with Gasteiger partial charge in [-0.2, -0.15) is 0 Å². The predicted molar refractivity (Wildman–Crippen MR) is 91.2 cm³/mol. The maximum Gasteiger partial charge on any atom is 0.338 e. The molecule has 0 aliphatic rings. The molecule has 0 heterocycles. The second-order valence-electron chi connectivity index (χ2n) is 5.18. The first-order chi connectivity index (χ1) is 11.4. The van der Waals surface area contributed by atoms with Crippen LogP contribution >= 0.6 is 0 Å². The van der Waals surface area contributed by atoms with E-state index in [-0.39, 0.29) is 11.8 Å². The number of methoxy groups -OCH3 is 1. The topological polar surface area (TPSA) is 84.5 Å². The smallest absolute Gasteiger partial charge is 0.338 e. The normalized spacial score (nSPS) is 9.96. The first kappa shape index (κ1) is 17.2. The molecule has 2 aromatic rings. The third-order valence-corrected chi connectivity index (χ3v) is 3.45. The van der Waals surface area contributed by atoms with E-state index < -0.39 is 5.97 Å². The molecule has 124 valence electrons. The van der Waals surface area contributed by atoms with Crippen LogP contribution in [0.25, 0.3) is 0 Å². The number of carbonyl (C=O) groups excluding carboxylic acids is 3. The van der Waals surface area contributed by atoms with Crippen LogP contribution in [0.1, 0.15) is 33.2 Å². The minimum atomic E-state index is -0.455. The highest BCUT2D eigenvalue weighted by Crippen LogP contribution is 2.21. The zero-order chi connectivity index (χ0) is 17.7. The summed E-state index contributed by atoms with van der Waals surface area (Å²) in [5, 5.41) is 5.41. The Hall–Kier alpha value is -3.15. The fraction of sp³-hybridized carbons (Fsp3) is 0.167. The predicted octanol–water partition coefficient (Wildman–Crippen LogP) is 2.99. The van der Waals surface area contributed by atoms with E-state index in [9.17, 15) is 14.4 Å². The van der Waals surface area contributed by atoms with Crippen LogP contribution in [0.2, 0.25) is 0 Å². The standard InChI is InChI=1S/C18H18N2O4/c1-11-15(18(23)24-3)5-4-6-16(11)20-17(22)13-7-9-14(10-8-13)19-12(2)21/h4-10H,1-3H3,(H,19,21)(H,20,22). The van der Waals surface area contributed by atoms with Crippen LogP contribution in [0.3, 0.4) is 0 Å². The highest BCUT2D eigenvalue weighted by molar-refractivity contribution is 6.06. The van der Waals surface area contributed by atoms with Gasteiger partial charge >= 0.3 is 5.97 Å². The number of rotatable bonds is 4. The summed E-state index contributed by atoms with van der Waals surface area (Å²) in [5.41, 5.74) is 2.62. The number of carbonyl (C=O) groups is 3. The first-order valence-electron chi connectivity index (χ1n) is 7.29. The van der Waals surface area contributed by atoms with Gasteiger partial charge in [0.2, 0.25) is 5.91 Å². The Morgan fingerprint density at radius 2 is 1.62 bits per heavy atom. The maximum atomic E-state index is 12.3. The Labute approximate surface area is 139 Å². The minimum absolute atomic E-state index is 0.178. The van der Waals surface area contributed by atoms with Crippen LogP contribution in [-0.4, -0.2) is 24.9 Å². The molecule has 0 aliphatic heterocycles. The van der Waals surface area contributed by atoms with Crippen molar-refractivity contribution in [3.05, 3.63) is 59.2 Å². The van der Waals surface area contributed by atoms with Gasteiger partial charge in [-0.25, -0.2) is 4.79 Å². The lowest BCUT2D eigenvalue weighted by atomic mass is 10.1. The van der Waals surface area contributed by atoms with E-state index in [0.717, 1.165) is 0 Å². The molecule has 24 heavy (non-hydrogen) atoms. The molecule has 0 bridgehead atoms. The van der Waals surface area contributed by atoms with E-state index in [0.29, 0.717) is 28.1 Å². The first-order valence-corrected chi connectivity index (χ1v) is 7.29. The van der Waals surface area contributed by atoms with Gasteiger partial charge in [-0.1, -0.05) is 6.07 Å². The molecule has 0 aromatic heterocycles. The zero-order valence-corrected chi connectivity index (χ0v) is 13.7. The zero-order valence-electron chi connectivity index (χ0n) is 13.7. The van der Waals surface area contributed by atoms with Gasteiger partial charge in [-0.15, -0.1) is 0 Å². The molecule has 0 fully saturated rings. The number of nitrogens with one attached hydrogen (secondary N) is 2. The van der Waals surface area contributed by atoms with Crippen molar-refractivity contribution in [2.45, 2.75) is 13.8 Å². The van der Waals surface area contributed by atoms with Gasteiger partial charge in [0, 0.05) is 23.9 Å². The molecule has 0 atom stereocenters. The number of hydrogen-bond acceptors (Lipinski definition) is 4. The third-order valence-electron chi connectivity index (χ3n) is 3.45. The van der Waals surface area contributed by atoms with Crippen LogP contribution in [-0.2, 0) is 9.53 Å². The van der Waals surface area contributed by atoms with Crippen LogP contribution in [0.4, 0.5) is 11.4 Å². The molecule has 2 N–H and O–H groups in total. The summed E-state index contributed by atoms with van der Waals surface area (Å²) in [4.78, 5) is 35.0. The van der Waals surface area contributed by atoms with Crippen LogP contribution in [0.5, 0.6) is 0 Å². The van der Waals surface area contributed by atoms with E-state index in [1.165, 1.54) is 14.0 Å². The summed E-state index contributed by atoms with van der Waals surface area (Å²) in [7, 11) is 1.31. The van der Waals surface area contributed by atoms with Crippen LogP contribution in [0.15, 0.2) is 42.5 Å². The number of esters is 1. The number of amides is 2.